The van der Waals surface area contributed by atoms with Gasteiger partial charge in [-0.25, -0.2) is 4.68 Å². The number of hydrogen-bond acceptors (Lipinski definition) is 6. The summed E-state index contributed by atoms with van der Waals surface area (Å²) >= 11 is 4.90. The Balaban J connectivity index is 1.70. The number of anilines is 1. The number of H-pyrrole nitrogens is 1. The van der Waals surface area contributed by atoms with E-state index in [1.807, 2.05) is 0 Å². The second-order valence-electron chi connectivity index (χ2n) is 6.75. The average molecular weight is 439 g/mol. The number of hydrogen-bond donors (Lipinski definition) is 3. The molecule has 1 aliphatic heterocycles. The lowest BCUT2D eigenvalue weighted by Gasteiger charge is -2.11. The molecule has 2 aromatic carbocycles. The summed E-state index contributed by atoms with van der Waals surface area (Å²) < 4.78 is 10.5. The maximum absolute atomic E-state index is 13.0. The number of rotatable bonds is 4. The lowest BCUT2D eigenvalue weighted by Crippen LogP contribution is -2.21. The van der Waals surface area contributed by atoms with Crippen LogP contribution in [0, 0.1) is 6.92 Å². The number of hydrazone groups is 1. The lowest BCUT2D eigenvalue weighted by molar-refractivity contribution is -0.114. The van der Waals surface area contributed by atoms with Crippen LogP contribution in [0.4, 0.5) is 5.69 Å². The number of aromatic amines is 1. The molecule has 1 aromatic heterocycles. The van der Waals surface area contributed by atoms with Crippen molar-refractivity contribution in [2.45, 2.75) is 23.6 Å². The molecule has 4 rings (SSSR count). The molecule has 0 aliphatic carbocycles. The zero-order valence-electron chi connectivity index (χ0n) is 16.2. The van der Waals surface area contributed by atoms with Gasteiger partial charge in [0.25, 0.3) is 11.5 Å². The maximum Gasteiger partial charge on any atom is 0.280 e. The molecule has 2 heterocycles. The molecule has 1 aliphatic rings. The van der Waals surface area contributed by atoms with Crippen molar-refractivity contribution in [3.05, 3.63) is 75.7 Å². The third-order valence-electron chi connectivity index (χ3n) is 4.76. The molecule has 0 fully saturated rings. The van der Waals surface area contributed by atoms with Gasteiger partial charge in [0.2, 0.25) is 0 Å². The zero-order valence-corrected chi connectivity index (χ0v) is 17.9. The maximum atomic E-state index is 13.0. The molecule has 0 spiro atoms. The molecule has 1 amide bonds. The first-order valence-corrected chi connectivity index (χ1v) is 10.3. The lowest BCUT2D eigenvalue weighted by atomic mass is 10.1. The van der Waals surface area contributed by atoms with Gasteiger partial charge in [-0.1, -0.05) is 0 Å². The van der Waals surface area contributed by atoms with E-state index in [1.165, 1.54) is 9.69 Å². The van der Waals surface area contributed by atoms with Gasteiger partial charge in [0.15, 0.2) is 0 Å². The molecule has 0 unspecified atom stereocenters. The molecular weight excluding hydrogens is 420 g/mol. The first-order valence-electron chi connectivity index (χ1n) is 9.03. The van der Waals surface area contributed by atoms with Crippen molar-refractivity contribution in [1.29, 1.82) is 0 Å². The van der Waals surface area contributed by atoms with Crippen LogP contribution >= 0.6 is 24.7 Å². The standard InChI is InChI=1S/C21H18N4O3S2/c1-12-18(20(26)24(22-12)14-3-7-16(29)8-4-14)11-19-13(2)23-25(21(19)27)15-5-9-17(30-28)10-6-15/h3-11,22,28-29H,1-2H3. The highest BCUT2D eigenvalue weighted by molar-refractivity contribution is 7.93. The SMILES string of the molecule is CC1=NN(c2ccc(SO)cc2)C(=O)C1=Cc1c(C)[nH]n(-c2ccc(S)cc2)c1=O. The molecular formula is C21H18N4O3S2. The van der Waals surface area contributed by atoms with E-state index in [4.69, 9.17) is 4.55 Å². The van der Waals surface area contributed by atoms with Crippen molar-refractivity contribution < 1.29 is 9.35 Å². The van der Waals surface area contributed by atoms with Gasteiger partial charge < -0.3 is 4.55 Å². The summed E-state index contributed by atoms with van der Waals surface area (Å²) in [7, 11) is 0. The monoisotopic (exact) mass is 438 g/mol. The van der Waals surface area contributed by atoms with Crippen molar-refractivity contribution >= 4 is 48.1 Å². The number of carbonyl (C=O) groups is 1. The van der Waals surface area contributed by atoms with Crippen molar-refractivity contribution in [2.75, 3.05) is 5.01 Å². The first-order chi connectivity index (χ1) is 14.4. The predicted octanol–water partition coefficient (Wildman–Crippen LogP) is 4.13. The van der Waals surface area contributed by atoms with Crippen LogP contribution in [0.2, 0.25) is 0 Å². The largest absolute Gasteiger partial charge is 0.325 e. The van der Waals surface area contributed by atoms with Gasteiger partial charge >= 0.3 is 0 Å². The fraction of sp³-hybridized carbons (Fsp3) is 0.0952. The molecule has 0 saturated heterocycles. The van der Waals surface area contributed by atoms with E-state index in [0.29, 0.717) is 50.9 Å². The molecule has 9 heteroatoms. The topological polar surface area (TPSA) is 90.7 Å². The molecule has 7 nitrogen and oxygen atoms in total. The van der Waals surface area contributed by atoms with E-state index < -0.39 is 0 Å². The van der Waals surface area contributed by atoms with Crippen LogP contribution < -0.4 is 10.6 Å². The van der Waals surface area contributed by atoms with Crippen LogP contribution in [0.15, 0.2) is 73.8 Å². The fourth-order valence-corrected chi connectivity index (χ4v) is 3.57. The summed E-state index contributed by atoms with van der Waals surface area (Å²) in [5, 5.41) is 8.68. The van der Waals surface area contributed by atoms with Gasteiger partial charge in [-0.2, -0.15) is 10.1 Å². The minimum atomic E-state index is -0.317. The summed E-state index contributed by atoms with van der Waals surface area (Å²) in [5.74, 6) is -0.317. The Kier molecular flexibility index (Phi) is 5.42. The molecule has 0 bridgehead atoms. The number of benzene rings is 2. The highest BCUT2D eigenvalue weighted by atomic mass is 32.2. The van der Waals surface area contributed by atoms with Crippen molar-refractivity contribution in [1.82, 2.24) is 9.78 Å². The van der Waals surface area contributed by atoms with Gasteiger partial charge in [0.1, 0.15) is 0 Å². The number of aryl methyl sites for hydroxylation is 1. The van der Waals surface area contributed by atoms with Gasteiger partial charge in [-0.05, 0) is 68.5 Å². The molecule has 3 aromatic rings. The van der Waals surface area contributed by atoms with Crippen LogP contribution in [-0.4, -0.2) is 26.0 Å². The molecule has 2 N–H and O–H groups in total. The normalized spacial score (nSPS) is 15.2. The summed E-state index contributed by atoms with van der Waals surface area (Å²) in [6, 6.07) is 14.0. The highest BCUT2D eigenvalue weighted by Crippen LogP contribution is 2.27. The minimum Gasteiger partial charge on any atom is -0.325 e. The fourth-order valence-electron chi connectivity index (χ4n) is 3.16. The minimum absolute atomic E-state index is 0.254. The zero-order chi connectivity index (χ0) is 21.4. The summed E-state index contributed by atoms with van der Waals surface area (Å²) in [5.41, 5.74) is 2.92. The van der Waals surface area contributed by atoms with E-state index in [-0.39, 0.29) is 11.5 Å². The Labute approximate surface area is 182 Å². The predicted molar refractivity (Wildman–Crippen MR) is 122 cm³/mol. The highest BCUT2D eigenvalue weighted by Gasteiger charge is 2.29. The summed E-state index contributed by atoms with van der Waals surface area (Å²) in [6.07, 6.45) is 1.58. The van der Waals surface area contributed by atoms with Gasteiger partial charge in [-0.3, -0.25) is 14.7 Å². The quantitative estimate of drug-likeness (QED) is 0.324. The second-order valence-corrected chi connectivity index (χ2v) is 7.92. The van der Waals surface area contributed by atoms with E-state index in [0.717, 1.165) is 4.90 Å². The van der Waals surface area contributed by atoms with Crippen LogP contribution in [0.5, 0.6) is 0 Å². The summed E-state index contributed by atoms with van der Waals surface area (Å²) in [6.45, 7) is 3.51. The Hall–Kier alpha value is -3.01. The second kappa shape index (κ2) is 8.02. The third kappa shape index (κ3) is 3.62. The average Bonchev–Trinajstić information content (AvgIpc) is 3.19. The number of nitrogens with zero attached hydrogens (tertiary/aromatic N) is 3. The molecule has 0 saturated carbocycles. The number of nitrogens with one attached hydrogen (secondary N) is 1. The molecule has 152 valence electrons. The summed E-state index contributed by atoms with van der Waals surface area (Å²) in [4.78, 5) is 27.4. The van der Waals surface area contributed by atoms with Gasteiger partial charge in [0.05, 0.1) is 28.2 Å². The van der Waals surface area contributed by atoms with E-state index in [1.54, 1.807) is 68.5 Å². The van der Waals surface area contributed by atoms with Crippen LogP contribution in [0.25, 0.3) is 11.8 Å². The Morgan fingerprint density at radius 3 is 2.30 bits per heavy atom. The Bertz CT molecular complexity index is 1240. The number of amides is 1. The van der Waals surface area contributed by atoms with Crippen molar-refractivity contribution in [3.8, 4) is 5.69 Å². The molecule has 0 atom stereocenters. The van der Waals surface area contributed by atoms with Crippen LogP contribution in [0.1, 0.15) is 18.2 Å². The van der Waals surface area contributed by atoms with Crippen molar-refractivity contribution in [3.63, 3.8) is 0 Å². The van der Waals surface area contributed by atoms with E-state index >= 15 is 0 Å². The number of carbonyl (C=O) groups excluding carboxylic acids is 1. The van der Waals surface area contributed by atoms with Crippen LogP contribution in [-0.2, 0) is 4.79 Å². The third-order valence-corrected chi connectivity index (χ3v) is 5.54. The van der Waals surface area contributed by atoms with E-state index in [2.05, 4.69) is 22.8 Å². The number of thiol groups is 1. The smallest absolute Gasteiger partial charge is 0.280 e. The first kappa shape index (κ1) is 20.3. The Morgan fingerprint density at radius 2 is 1.67 bits per heavy atom. The Morgan fingerprint density at radius 1 is 1.03 bits per heavy atom. The van der Waals surface area contributed by atoms with Gasteiger partial charge in [-0.15, -0.1) is 12.6 Å². The van der Waals surface area contributed by atoms with Crippen molar-refractivity contribution in [2.24, 2.45) is 5.10 Å². The van der Waals surface area contributed by atoms with Crippen LogP contribution in [0.3, 0.4) is 0 Å². The van der Waals surface area contributed by atoms with E-state index in [9.17, 15) is 9.59 Å². The molecule has 30 heavy (non-hydrogen) atoms. The number of aromatic nitrogens is 2. The molecule has 0 radical (unpaired) electrons. The van der Waals surface area contributed by atoms with Gasteiger partial charge in [0, 0.05) is 27.5 Å².